The first-order chi connectivity index (χ1) is 12.4. The SMILES string of the molecule is c1ccc(-c2n[nH]c(-c3ccccc3)c2OCCN2CCCC2)cc1. The van der Waals surface area contributed by atoms with Crippen molar-refractivity contribution in [3.63, 3.8) is 0 Å². The highest BCUT2D eigenvalue weighted by atomic mass is 16.5. The van der Waals surface area contributed by atoms with Crippen molar-refractivity contribution in [2.45, 2.75) is 12.8 Å². The van der Waals surface area contributed by atoms with E-state index in [2.05, 4.69) is 39.4 Å². The van der Waals surface area contributed by atoms with Crippen LogP contribution in [-0.2, 0) is 0 Å². The average molecular weight is 333 g/mol. The Hall–Kier alpha value is -2.59. The van der Waals surface area contributed by atoms with Crippen molar-refractivity contribution >= 4 is 0 Å². The third kappa shape index (κ3) is 3.59. The lowest BCUT2D eigenvalue weighted by Crippen LogP contribution is -2.25. The molecule has 1 fully saturated rings. The van der Waals surface area contributed by atoms with Gasteiger partial charge in [-0.15, -0.1) is 0 Å². The summed E-state index contributed by atoms with van der Waals surface area (Å²) in [6, 6.07) is 20.5. The molecule has 3 aromatic rings. The fraction of sp³-hybridized carbons (Fsp3) is 0.286. The van der Waals surface area contributed by atoms with Gasteiger partial charge in [-0.1, -0.05) is 60.7 Å². The minimum atomic E-state index is 0.680. The van der Waals surface area contributed by atoms with Crippen LogP contribution >= 0.6 is 0 Å². The van der Waals surface area contributed by atoms with Gasteiger partial charge in [-0.3, -0.25) is 10.00 Å². The normalized spacial score (nSPS) is 14.7. The summed E-state index contributed by atoms with van der Waals surface area (Å²) in [6.45, 7) is 4.02. The second-order valence-corrected chi connectivity index (χ2v) is 6.41. The van der Waals surface area contributed by atoms with E-state index in [1.54, 1.807) is 0 Å². The minimum Gasteiger partial charge on any atom is -0.488 e. The standard InChI is InChI=1S/C21H23N3O/c1-3-9-17(10-4-1)19-21(25-16-15-24-13-7-8-14-24)20(23-22-19)18-11-5-2-6-12-18/h1-6,9-12H,7-8,13-16H2,(H,22,23). The summed E-state index contributed by atoms with van der Waals surface area (Å²) in [5, 5.41) is 7.73. The van der Waals surface area contributed by atoms with Gasteiger partial charge >= 0.3 is 0 Å². The van der Waals surface area contributed by atoms with Crippen LogP contribution in [0.5, 0.6) is 5.75 Å². The van der Waals surface area contributed by atoms with E-state index in [0.29, 0.717) is 6.61 Å². The third-order valence-corrected chi connectivity index (χ3v) is 4.68. The van der Waals surface area contributed by atoms with Crippen LogP contribution in [0.4, 0.5) is 0 Å². The molecule has 1 aliphatic rings. The molecule has 0 unspecified atom stereocenters. The number of H-pyrrole nitrogens is 1. The Morgan fingerprint density at radius 2 is 1.52 bits per heavy atom. The average Bonchev–Trinajstić information content (AvgIpc) is 3.33. The Kier molecular flexibility index (Phi) is 4.79. The zero-order chi connectivity index (χ0) is 16.9. The summed E-state index contributed by atoms with van der Waals surface area (Å²) in [5.74, 6) is 0.844. The number of ether oxygens (including phenoxy) is 1. The topological polar surface area (TPSA) is 41.1 Å². The van der Waals surface area contributed by atoms with E-state index >= 15 is 0 Å². The summed E-state index contributed by atoms with van der Waals surface area (Å²) >= 11 is 0. The molecular weight excluding hydrogens is 310 g/mol. The van der Waals surface area contributed by atoms with Crippen LogP contribution in [0, 0.1) is 0 Å². The lowest BCUT2D eigenvalue weighted by molar-refractivity contribution is 0.239. The highest BCUT2D eigenvalue weighted by Gasteiger charge is 2.18. The molecule has 128 valence electrons. The van der Waals surface area contributed by atoms with Gasteiger partial charge < -0.3 is 4.74 Å². The van der Waals surface area contributed by atoms with E-state index in [4.69, 9.17) is 4.74 Å². The number of nitrogens with zero attached hydrogens (tertiary/aromatic N) is 2. The molecule has 1 saturated heterocycles. The van der Waals surface area contributed by atoms with Crippen molar-refractivity contribution in [2.24, 2.45) is 0 Å². The Morgan fingerprint density at radius 1 is 0.880 bits per heavy atom. The van der Waals surface area contributed by atoms with Gasteiger partial charge in [0.2, 0.25) is 0 Å². The summed E-state index contributed by atoms with van der Waals surface area (Å²) in [6.07, 6.45) is 2.60. The van der Waals surface area contributed by atoms with E-state index in [1.807, 2.05) is 36.4 Å². The molecule has 1 aromatic heterocycles. The van der Waals surface area contributed by atoms with Crippen LogP contribution in [0.3, 0.4) is 0 Å². The molecule has 4 nitrogen and oxygen atoms in total. The van der Waals surface area contributed by atoms with Gasteiger partial charge in [-0.05, 0) is 25.9 Å². The summed E-state index contributed by atoms with van der Waals surface area (Å²) in [7, 11) is 0. The largest absolute Gasteiger partial charge is 0.488 e. The second kappa shape index (κ2) is 7.53. The van der Waals surface area contributed by atoms with Crippen LogP contribution in [0.15, 0.2) is 60.7 Å². The van der Waals surface area contributed by atoms with Crippen LogP contribution < -0.4 is 4.74 Å². The van der Waals surface area contributed by atoms with Crippen molar-refractivity contribution in [3.8, 4) is 28.3 Å². The van der Waals surface area contributed by atoms with Crippen molar-refractivity contribution < 1.29 is 4.74 Å². The number of aromatic nitrogens is 2. The first kappa shape index (κ1) is 15.9. The molecule has 4 rings (SSSR count). The highest BCUT2D eigenvalue weighted by Crippen LogP contribution is 2.36. The Labute approximate surface area is 148 Å². The van der Waals surface area contributed by atoms with Gasteiger partial charge in [0.1, 0.15) is 18.0 Å². The number of hydrogen-bond donors (Lipinski definition) is 1. The van der Waals surface area contributed by atoms with Crippen molar-refractivity contribution in [2.75, 3.05) is 26.2 Å². The number of rotatable bonds is 6. The number of aromatic amines is 1. The fourth-order valence-corrected chi connectivity index (χ4v) is 3.35. The zero-order valence-electron chi connectivity index (χ0n) is 14.3. The van der Waals surface area contributed by atoms with Gasteiger partial charge in [0.05, 0.1) is 0 Å². The molecule has 0 atom stereocenters. The van der Waals surface area contributed by atoms with E-state index in [1.165, 1.54) is 25.9 Å². The summed E-state index contributed by atoms with van der Waals surface area (Å²) in [4.78, 5) is 2.46. The lowest BCUT2D eigenvalue weighted by atomic mass is 10.1. The first-order valence-corrected chi connectivity index (χ1v) is 8.96. The number of benzene rings is 2. The maximum absolute atomic E-state index is 6.24. The quantitative estimate of drug-likeness (QED) is 0.734. The number of likely N-dealkylation sites (tertiary alicyclic amines) is 1. The fourth-order valence-electron chi connectivity index (χ4n) is 3.35. The molecule has 0 radical (unpaired) electrons. The van der Waals surface area contributed by atoms with E-state index in [9.17, 15) is 0 Å². The Bertz CT molecular complexity index is 736. The van der Waals surface area contributed by atoms with Crippen molar-refractivity contribution in [3.05, 3.63) is 60.7 Å². The van der Waals surface area contributed by atoms with E-state index in [0.717, 1.165) is 34.8 Å². The van der Waals surface area contributed by atoms with Gasteiger partial charge in [0, 0.05) is 17.7 Å². The number of hydrogen-bond acceptors (Lipinski definition) is 3. The highest BCUT2D eigenvalue weighted by molar-refractivity contribution is 5.77. The second-order valence-electron chi connectivity index (χ2n) is 6.41. The molecule has 4 heteroatoms. The van der Waals surface area contributed by atoms with Crippen LogP contribution in [0.25, 0.3) is 22.5 Å². The third-order valence-electron chi connectivity index (χ3n) is 4.68. The number of nitrogens with one attached hydrogen (secondary N) is 1. The summed E-state index contributed by atoms with van der Waals surface area (Å²) in [5.41, 5.74) is 3.98. The molecule has 1 N–H and O–H groups in total. The van der Waals surface area contributed by atoms with Crippen LogP contribution in [0.1, 0.15) is 12.8 Å². The van der Waals surface area contributed by atoms with Crippen molar-refractivity contribution in [1.82, 2.24) is 15.1 Å². The first-order valence-electron chi connectivity index (χ1n) is 8.96. The molecule has 0 amide bonds. The van der Waals surface area contributed by atoms with Gasteiger partial charge in [0.25, 0.3) is 0 Å². The Balaban J connectivity index is 1.61. The van der Waals surface area contributed by atoms with Gasteiger partial charge in [-0.2, -0.15) is 5.10 Å². The van der Waals surface area contributed by atoms with Gasteiger partial charge in [-0.25, -0.2) is 0 Å². The zero-order valence-corrected chi connectivity index (χ0v) is 14.3. The molecule has 0 aliphatic carbocycles. The maximum atomic E-state index is 6.24. The monoisotopic (exact) mass is 333 g/mol. The molecule has 0 saturated carbocycles. The predicted octanol–water partition coefficient (Wildman–Crippen LogP) is 4.22. The molecule has 2 aromatic carbocycles. The molecular formula is C21H23N3O. The lowest BCUT2D eigenvalue weighted by Gasteiger charge is -2.15. The molecule has 25 heavy (non-hydrogen) atoms. The molecule has 0 spiro atoms. The van der Waals surface area contributed by atoms with E-state index < -0.39 is 0 Å². The Morgan fingerprint density at radius 3 is 2.20 bits per heavy atom. The van der Waals surface area contributed by atoms with E-state index in [-0.39, 0.29) is 0 Å². The van der Waals surface area contributed by atoms with Crippen LogP contribution in [0.2, 0.25) is 0 Å². The molecule has 1 aliphatic heterocycles. The minimum absolute atomic E-state index is 0.680. The van der Waals surface area contributed by atoms with Crippen molar-refractivity contribution in [1.29, 1.82) is 0 Å². The molecule has 2 heterocycles. The smallest absolute Gasteiger partial charge is 0.172 e. The summed E-state index contributed by atoms with van der Waals surface area (Å²) < 4.78 is 6.24. The maximum Gasteiger partial charge on any atom is 0.172 e. The predicted molar refractivity (Wildman–Crippen MR) is 101 cm³/mol. The van der Waals surface area contributed by atoms with Gasteiger partial charge in [0.15, 0.2) is 5.75 Å². The van der Waals surface area contributed by atoms with Crippen LogP contribution in [-0.4, -0.2) is 41.3 Å². The molecule has 0 bridgehead atoms.